The van der Waals surface area contributed by atoms with E-state index < -0.39 is 7.14 Å². The van der Waals surface area contributed by atoms with Crippen molar-refractivity contribution in [2.24, 2.45) is 5.92 Å². The Hall–Kier alpha value is -0.0300. The molecule has 58 valence electrons. The number of rotatable bonds is 1. The van der Waals surface area contributed by atoms with E-state index in [1.807, 2.05) is 12.7 Å². The second kappa shape index (κ2) is 2.54. The zero-order valence-electron chi connectivity index (χ0n) is 6.92. The van der Waals surface area contributed by atoms with Crippen LogP contribution in [0.1, 0.15) is 20.8 Å². The quantitative estimate of drug-likeness (QED) is 0.536. The van der Waals surface area contributed by atoms with E-state index in [9.17, 15) is 4.57 Å². The molecule has 1 nitrogen and oxygen atoms in total. The molecule has 2 heteroatoms. The van der Waals surface area contributed by atoms with Crippen LogP contribution >= 0.6 is 7.14 Å². The Morgan fingerprint density at radius 1 is 1.80 bits per heavy atom. The molecule has 2 atom stereocenters. The Bertz CT molecular complexity index is 205. The molecular weight excluding hydrogens is 143 g/mol. The highest BCUT2D eigenvalue weighted by atomic mass is 31.2. The standard InChI is InChI=1S/C8H15OP/c1-4-10(9)5-7(2)8(3)6-10/h5,8H,4,6H2,1-3H3. The van der Waals surface area contributed by atoms with Gasteiger partial charge in [-0.25, -0.2) is 0 Å². The SMILES string of the molecule is CCP1(=O)C=C(C)C(C)C1. The second-order valence-corrected chi connectivity index (χ2v) is 6.39. The largest absolute Gasteiger partial charge is 0.319 e. The molecule has 0 aromatic heterocycles. The van der Waals surface area contributed by atoms with E-state index in [0.717, 1.165) is 12.3 Å². The maximum atomic E-state index is 11.7. The van der Waals surface area contributed by atoms with Gasteiger partial charge in [-0.05, 0) is 18.7 Å². The van der Waals surface area contributed by atoms with Crippen LogP contribution in [-0.2, 0) is 4.57 Å². The Morgan fingerprint density at radius 2 is 2.40 bits per heavy atom. The summed E-state index contributed by atoms with van der Waals surface area (Å²) in [5, 5.41) is 0. The lowest BCUT2D eigenvalue weighted by Gasteiger charge is -2.06. The third-order valence-electron chi connectivity index (χ3n) is 2.33. The van der Waals surface area contributed by atoms with Gasteiger partial charge in [0.2, 0.25) is 0 Å². The van der Waals surface area contributed by atoms with E-state index in [0.29, 0.717) is 5.92 Å². The van der Waals surface area contributed by atoms with Gasteiger partial charge in [-0.15, -0.1) is 0 Å². The molecule has 1 rings (SSSR count). The lowest BCUT2D eigenvalue weighted by atomic mass is 10.1. The highest BCUT2D eigenvalue weighted by Gasteiger charge is 2.27. The molecule has 0 amide bonds. The number of hydrogen-bond acceptors (Lipinski definition) is 1. The molecule has 0 radical (unpaired) electrons. The van der Waals surface area contributed by atoms with Crippen molar-refractivity contribution in [1.82, 2.24) is 0 Å². The van der Waals surface area contributed by atoms with Gasteiger partial charge in [0.25, 0.3) is 0 Å². The van der Waals surface area contributed by atoms with Crippen LogP contribution in [0, 0.1) is 5.92 Å². The van der Waals surface area contributed by atoms with Crippen molar-refractivity contribution < 1.29 is 4.57 Å². The Balaban J connectivity index is 2.83. The molecule has 0 saturated carbocycles. The third kappa shape index (κ3) is 1.34. The fourth-order valence-electron chi connectivity index (χ4n) is 1.38. The Kier molecular flexibility index (Phi) is 2.05. The second-order valence-electron chi connectivity index (χ2n) is 3.23. The van der Waals surface area contributed by atoms with E-state index in [-0.39, 0.29) is 0 Å². The molecule has 1 aliphatic rings. The highest BCUT2D eigenvalue weighted by molar-refractivity contribution is 7.67. The first-order valence-corrected chi connectivity index (χ1v) is 5.99. The summed E-state index contributed by atoms with van der Waals surface area (Å²) in [6.45, 7) is 6.25. The summed E-state index contributed by atoms with van der Waals surface area (Å²) in [6, 6.07) is 0. The lowest BCUT2D eigenvalue weighted by Crippen LogP contribution is -1.95. The Labute approximate surface area is 62.9 Å². The van der Waals surface area contributed by atoms with Crippen LogP contribution in [0.3, 0.4) is 0 Å². The van der Waals surface area contributed by atoms with Crippen molar-refractivity contribution in [1.29, 1.82) is 0 Å². The van der Waals surface area contributed by atoms with Gasteiger partial charge in [0, 0.05) is 12.3 Å². The molecule has 0 N–H and O–H groups in total. The lowest BCUT2D eigenvalue weighted by molar-refractivity contribution is 0.579. The van der Waals surface area contributed by atoms with Gasteiger partial charge in [-0.2, -0.15) is 0 Å². The number of allylic oxidation sites excluding steroid dienone is 1. The third-order valence-corrected chi connectivity index (χ3v) is 5.45. The van der Waals surface area contributed by atoms with E-state index in [2.05, 4.69) is 13.8 Å². The predicted molar refractivity (Wildman–Crippen MR) is 45.9 cm³/mol. The number of hydrogen-bond donors (Lipinski definition) is 0. The first-order chi connectivity index (χ1) is 4.57. The zero-order chi connectivity index (χ0) is 7.78. The summed E-state index contributed by atoms with van der Waals surface area (Å²) in [5.74, 6) is 2.57. The van der Waals surface area contributed by atoms with Crippen molar-refractivity contribution in [3.05, 3.63) is 11.4 Å². The maximum Gasteiger partial charge on any atom is 0.109 e. The molecule has 1 heterocycles. The van der Waals surface area contributed by atoms with Gasteiger partial charge in [-0.1, -0.05) is 19.4 Å². The molecule has 10 heavy (non-hydrogen) atoms. The molecule has 0 bridgehead atoms. The van der Waals surface area contributed by atoms with Gasteiger partial charge < -0.3 is 4.57 Å². The summed E-state index contributed by atoms with van der Waals surface area (Å²) < 4.78 is 11.7. The summed E-state index contributed by atoms with van der Waals surface area (Å²) >= 11 is 0. The highest BCUT2D eigenvalue weighted by Crippen LogP contribution is 2.55. The minimum Gasteiger partial charge on any atom is -0.319 e. The van der Waals surface area contributed by atoms with Gasteiger partial charge in [0.1, 0.15) is 7.14 Å². The molecule has 0 aromatic rings. The average molecular weight is 158 g/mol. The first kappa shape index (κ1) is 8.07. The van der Waals surface area contributed by atoms with Crippen LogP contribution in [0.25, 0.3) is 0 Å². The molecule has 0 saturated heterocycles. The van der Waals surface area contributed by atoms with Crippen LogP contribution in [-0.4, -0.2) is 12.3 Å². The smallest absolute Gasteiger partial charge is 0.109 e. The molecule has 1 aliphatic heterocycles. The first-order valence-electron chi connectivity index (χ1n) is 3.84. The van der Waals surface area contributed by atoms with E-state index in [1.165, 1.54) is 5.57 Å². The van der Waals surface area contributed by atoms with E-state index in [4.69, 9.17) is 0 Å². The normalized spacial score (nSPS) is 39.9. The van der Waals surface area contributed by atoms with Gasteiger partial charge in [0.15, 0.2) is 0 Å². The average Bonchev–Trinajstić information content (AvgIpc) is 2.10. The van der Waals surface area contributed by atoms with Crippen molar-refractivity contribution in [3.8, 4) is 0 Å². The van der Waals surface area contributed by atoms with Crippen LogP contribution in [0.4, 0.5) is 0 Å². The topological polar surface area (TPSA) is 17.1 Å². The fraction of sp³-hybridized carbons (Fsp3) is 0.750. The summed E-state index contributed by atoms with van der Waals surface area (Å²) in [4.78, 5) is 0. The minimum absolute atomic E-state index is 0.561. The zero-order valence-corrected chi connectivity index (χ0v) is 7.82. The van der Waals surface area contributed by atoms with Gasteiger partial charge in [-0.3, -0.25) is 0 Å². The minimum atomic E-state index is -1.83. The maximum absolute atomic E-state index is 11.7. The van der Waals surface area contributed by atoms with E-state index in [1.54, 1.807) is 0 Å². The van der Waals surface area contributed by atoms with Crippen molar-refractivity contribution in [2.45, 2.75) is 20.8 Å². The summed E-state index contributed by atoms with van der Waals surface area (Å²) in [6.07, 6.45) is 1.75. The molecular formula is C8H15OP. The molecule has 0 aliphatic carbocycles. The summed E-state index contributed by atoms with van der Waals surface area (Å²) in [7, 11) is -1.83. The van der Waals surface area contributed by atoms with Crippen LogP contribution in [0.2, 0.25) is 0 Å². The molecule has 0 spiro atoms. The summed E-state index contributed by atoms with van der Waals surface area (Å²) in [5.41, 5.74) is 1.32. The van der Waals surface area contributed by atoms with E-state index >= 15 is 0 Å². The van der Waals surface area contributed by atoms with Gasteiger partial charge >= 0.3 is 0 Å². The van der Waals surface area contributed by atoms with Crippen LogP contribution in [0.15, 0.2) is 11.4 Å². The predicted octanol–water partition coefficient (Wildman–Crippen LogP) is 2.92. The fourth-order valence-corrected chi connectivity index (χ4v) is 4.14. The molecule has 0 fully saturated rings. The van der Waals surface area contributed by atoms with Gasteiger partial charge in [0.05, 0.1) is 0 Å². The van der Waals surface area contributed by atoms with Crippen molar-refractivity contribution in [2.75, 3.05) is 12.3 Å². The molecule has 0 aromatic carbocycles. The van der Waals surface area contributed by atoms with Crippen molar-refractivity contribution in [3.63, 3.8) is 0 Å². The Morgan fingerprint density at radius 3 is 2.60 bits per heavy atom. The monoisotopic (exact) mass is 158 g/mol. The van der Waals surface area contributed by atoms with Crippen molar-refractivity contribution >= 4 is 7.14 Å². The van der Waals surface area contributed by atoms with Crippen LogP contribution in [0.5, 0.6) is 0 Å². The van der Waals surface area contributed by atoms with Crippen LogP contribution < -0.4 is 0 Å². The molecule has 2 unspecified atom stereocenters.